The summed E-state index contributed by atoms with van der Waals surface area (Å²) in [6, 6.07) is 47.0. The molecule has 2 nitrogen and oxygen atoms in total. The summed E-state index contributed by atoms with van der Waals surface area (Å²) in [5, 5.41) is 6.41. The summed E-state index contributed by atoms with van der Waals surface area (Å²) in [5.74, 6) is 0. The van der Waals surface area contributed by atoms with Crippen molar-refractivity contribution in [2.45, 2.75) is 0 Å². The van der Waals surface area contributed by atoms with Crippen molar-refractivity contribution < 1.29 is 11.3 Å². The minimum absolute atomic E-state index is 0.0762. The van der Waals surface area contributed by atoms with E-state index in [2.05, 4.69) is 60.7 Å². The van der Waals surface area contributed by atoms with Gasteiger partial charge in [-0.25, -0.2) is 0 Å². The van der Waals surface area contributed by atoms with E-state index in [0.717, 1.165) is 65.7 Å². The second-order valence-electron chi connectivity index (χ2n) is 11.4. The molecular formula is C44H29NO. The number of anilines is 3. The van der Waals surface area contributed by atoms with Crippen LogP contribution in [-0.2, 0) is 0 Å². The molecule has 0 aliphatic heterocycles. The Morgan fingerprint density at radius 3 is 1.98 bits per heavy atom. The summed E-state index contributed by atoms with van der Waals surface area (Å²) in [4.78, 5) is 1.77. The van der Waals surface area contributed by atoms with Crippen LogP contribution >= 0.6 is 0 Å². The smallest absolute Gasteiger partial charge is 0.143 e. The Morgan fingerprint density at radius 2 is 1.13 bits per heavy atom. The molecule has 0 spiro atoms. The van der Waals surface area contributed by atoms with Gasteiger partial charge in [0.1, 0.15) is 11.2 Å². The van der Waals surface area contributed by atoms with Crippen LogP contribution in [-0.4, -0.2) is 0 Å². The number of para-hydroxylation sites is 1. The molecule has 0 saturated carbocycles. The van der Waals surface area contributed by atoms with Gasteiger partial charge >= 0.3 is 0 Å². The first kappa shape index (κ1) is 21.6. The Kier molecular flexibility index (Phi) is 5.06. The average Bonchev–Trinajstić information content (AvgIpc) is 3.57. The lowest BCUT2D eigenvalue weighted by Crippen LogP contribution is -2.10. The molecule has 2 heteroatoms. The lowest BCUT2D eigenvalue weighted by molar-refractivity contribution is 0.673. The zero-order chi connectivity index (χ0) is 34.8. The SMILES string of the molecule is [2H]c1c([2H])c([2H])c(N(c2cccc(-c3ccc4ccccc4c3)c2)c2cccc(-c3cccc4oc5c6ccccc6ccc5c34)c2)c([2H])c1[2H]. The van der Waals surface area contributed by atoms with Crippen LogP contribution in [0.15, 0.2) is 180 Å². The molecule has 0 N–H and O–H groups in total. The molecule has 8 aromatic carbocycles. The summed E-state index contributed by atoms with van der Waals surface area (Å²) in [6.45, 7) is 0. The van der Waals surface area contributed by atoms with Crippen molar-refractivity contribution in [1.29, 1.82) is 0 Å². The van der Waals surface area contributed by atoms with Gasteiger partial charge in [0.05, 0.1) is 6.85 Å². The molecular weight excluding hydrogens is 558 g/mol. The van der Waals surface area contributed by atoms with Crippen molar-refractivity contribution in [1.82, 2.24) is 0 Å². The molecule has 46 heavy (non-hydrogen) atoms. The molecule has 0 radical (unpaired) electrons. The minimum Gasteiger partial charge on any atom is -0.455 e. The van der Waals surface area contributed by atoms with Crippen LogP contribution < -0.4 is 4.90 Å². The highest BCUT2D eigenvalue weighted by Gasteiger charge is 2.17. The van der Waals surface area contributed by atoms with Gasteiger partial charge in [0, 0.05) is 33.2 Å². The number of benzene rings is 8. The number of fused-ring (bicyclic) bond motifs is 6. The van der Waals surface area contributed by atoms with Gasteiger partial charge in [-0.05, 0) is 93.0 Å². The molecule has 1 aromatic heterocycles. The van der Waals surface area contributed by atoms with Gasteiger partial charge in [-0.1, -0.05) is 121 Å². The standard InChI is InChI=1S/C44H29NO/c1-2-16-36(17-3-1)45(37-18-8-14-33(28-37)34-24-23-30-11-4-5-13-32(30)27-34)38-19-9-15-35(29-38)39-21-10-22-42-43(39)41-26-25-31-12-6-7-20-40(31)44(41)46-42/h1-29H/i1D,2D,3D,16D,17D. The Labute approximate surface area is 274 Å². The lowest BCUT2D eigenvalue weighted by Gasteiger charge is -2.26. The molecule has 9 rings (SSSR count). The molecule has 216 valence electrons. The molecule has 0 bridgehead atoms. The molecule has 9 aromatic rings. The zero-order valence-electron chi connectivity index (χ0n) is 29.7. The summed E-state index contributed by atoms with van der Waals surface area (Å²) in [5.41, 5.74) is 6.81. The number of rotatable bonds is 5. The fraction of sp³-hybridized carbons (Fsp3) is 0. The van der Waals surface area contributed by atoms with E-state index in [1.165, 1.54) is 0 Å². The Bertz CT molecular complexity index is 2810. The van der Waals surface area contributed by atoms with E-state index >= 15 is 0 Å². The summed E-state index contributed by atoms with van der Waals surface area (Å²) < 4.78 is 49.9. The maximum Gasteiger partial charge on any atom is 0.143 e. The Morgan fingerprint density at radius 1 is 0.457 bits per heavy atom. The monoisotopic (exact) mass is 592 g/mol. The molecule has 0 saturated heterocycles. The number of furan rings is 1. The van der Waals surface area contributed by atoms with Gasteiger partial charge < -0.3 is 9.32 Å². The zero-order valence-corrected chi connectivity index (χ0v) is 24.7. The summed E-state index contributed by atoms with van der Waals surface area (Å²) in [7, 11) is 0. The predicted octanol–water partition coefficient (Wildman–Crippen LogP) is 12.7. The number of hydrogen-bond donors (Lipinski definition) is 0. The molecule has 0 aliphatic rings. The van der Waals surface area contributed by atoms with Crippen molar-refractivity contribution in [3.63, 3.8) is 0 Å². The molecule has 1 heterocycles. The lowest BCUT2D eigenvalue weighted by atomic mass is 9.97. The molecule has 0 atom stereocenters. The molecule has 0 aliphatic carbocycles. The van der Waals surface area contributed by atoms with Gasteiger partial charge in [0.25, 0.3) is 0 Å². The van der Waals surface area contributed by atoms with Crippen LogP contribution in [0.2, 0.25) is 0 Å². The van der Waals surface area contributed by atoms with Crippen LogP contribution in [0.3, 0.4) is 0 Å². The molecule has 0 fully saturated rings. The summed E-state index contributed by atoms with van der Waals surface area (Å²) in [6.07, 6.45) is 0. The third-order valence-corrected chi connectivity index (χ3v) is 8.70. The third kappa shape index (κ3) is 4.43. The van der Waals surface area contributed by atoms with Gasteiger partial charge in [-0.2, -0.15) is 0 Å². The number of hydrogen-bond acceptors (Lipinski definition) is 2. The van der Waals surface area contributed by atoms with Crippen LogP contribution in [0.1, 0.15) is 6.85 Å². The Balaban J connectivity index is 1.26. The fourth-order valence-corrected chi connectivity index (χ4v) is 6.56. The first-order valence-corrected chi connectivity index (χ1v) is 15.3. The van der Waals surface area contributed by atoms with Crippen LogP contribution in [0.4, 0.5) is 17.1 Å². The fourth-order valence-electron chi connectivity index (χ4n) is 6.56. The van der Waals surface area contributed by atoms with E-state index < -0.39 is 6.04 Å². The maximum absolute atomic E-state index is 9.01. The molecule has 0 amide bonds. The van der Waals surface area contributed by atoms with E-state index in [4.69, 9.17) is 11.3 Å². The van der Waals surface area contributed by atoms with E-state index in [9.17, 15) is 0 Å². The highest BCUT2D eigenvalue weighted by atomic mass is 16.3. The maximum atomic E-state index is 9.01. The van der Waals surface area contributed by atoms with Crippen molar-refractivity contribution in [3.8, 4) is 22.3 Å². The van der Waals surface area contributed by atoms with Gasteiger partial charge in [0.2, 0.25) is 0 Å². The number of nitrogens with zero attached hydrogens (tertiary/aromatic N) is 1. The van der Waals surface area contributed by atoms with Crippen LogP contribution in [0, 0.1) is 0 Å². The second-order valence-corrected chi connectivity index (χ2v) is 11.4. The first-order chi connectivity index (χ1) is 24.9. The highest BCUT2D eigenvalue weighted by Crippen LogP contribution is 2.42. The van der Waals surface area contributed by atoms with E-state index in [1.54, 1.807) is 4.90 Å². The van der Waals surface area contributed by atoms with Crippen molar-refractivity contribution >= 4 is 60.5 Å². The van der Waals surface area contributed by atoms with Crippen LogP contribution in [0.25, 0.3) is 65.7 Å². The predicted molar refractivity (Wildman–Crippen MR) is 194 cm³/mol. The van der Waals surface area contributed by atoms with Gasteiger partial charge in [0.15, 0.2) is 0 Å². The third-order valence-electron chi connectivity index (χ3n) is 8.70. The van der Waals surface area contributed by atoms with Gasteiger partial charge in [-0.3, -0.25) is 0 Å². The van der Waals surface area contributed by atoms with Crippen molar-refractivity contribution in [3.05, 3.63) is 176 Å². The van der Waals surface area contributed by atoms with Crippen LogP contribution in [0.5, 0.6) is 0 Å². The van der Waals surface area contributed by atoms with Crippen molar-refractivity contribution in [2.75, 3.05) is 4.90 Å². The average molecular weight is 593 g/mol. The van der Waals surface area contributed by atoms with E-state index in [0.29, 0.717) is 11.4 Å². The Hall–Kier alpha value is -6.12. The second kappa shape index (κ2) is 10.8. The topological polar surface area (TPSA) is 16.4 Å². The van der Waals surface area contributed by atoms with Gasteiger partial charge in [-0.15, -0.1) is 0 Å². The minimum atomic E-state index is -0.432. The largest absolute Gasteiger partial charge is 0.455 e. The first-order valence-electron chi connectivity index (χ1n) is 17.8. The molecule has 0 unspecified atom stereocenters. The van der Waals surface area contributed by atoms with E-state index in [1.807, 2.05) is 84.9 Å². The highest BCUT2D eigenvalue weighted by molar-refractivity contribution is 6.19. The van der Waals surface area contributed by atoms with E-state index in [-0.39, 0.29) is 29.9 Å². The quantitative estimate of drug-likeness (QED) is 0.198. The normalized spacial score (nSPS) is 13.0. The summed E-state index contributed by atoms with van der Waals surface area (Å²) >= 11 is 0. The van der Waals surface area contributed by atoms with Crippen molar-refractivity contribution in [2.24, 2.45) is 0 Å².